The van der Waals surface area contributed by atoms with Crippen LogP contribution in [0.1, 0.15) is 12.5 Å². The first-order chi connectivity index (χ1) is 12.0. The van der Waals surface area contributed by atoms with Crippen LogP contribution in [0.4, 0.5) is 10.5 Å². The summed E-state index contributed by atoms with van der Waals surface area (Å²) >= 11 is 4.23. The first-order valence-corrected chi connectivity index (χ1v) is 9.10. The molecule has 7 heteroatoms. The molecule has 0 aromatic heterocycles. The molecule has 2 aromatic carbocycles. The van der Waals surface area contributed by atoms with E-state index in [-0.39, 0.29) is 16.9 Å². The van der Waals surface area contributed by atoms with Crippen LogP contribution in [-0.2, 0) is 4.79 Å². The van der Waals surface area contributed by atoms with Gasteiger partial charge < -0.3 is 9.84 Å². The molecule has 1 aliphatic rings. The molecule has 2 aromatic rings. The van der Waals surface area contributed by atoms with E-state index in [1.54, 1.807) is 36.4 Å². The minimum Gasteiger partial charge on any atom is -0.504 e. The molecule has 1 N–H and O–H groups in total. The molecule has 2 amide bonds. The Balaban J connectivity index is 1.96. The topological polar surface area (TPSA) is 66.8 Å². The highest BCUT2D eigenvalue weighted by Crippen LogP contribution is 2.39. The van der Waals surface area contributed by atoms with Gasteiger partial charge in [-0.05, 0) is 54.6 Å². The molecular weight excluding hydrogens is 406 g/mol. The second-order valence-corrected chi connectivity index (χ2v) is 6.97. The van der Waals surface area contributed by atoms with E-state index in [1.165, 1.54) is 6.07 Å². The number of aromatic hydroxyl groups is 1. The lowest BCUT2D eigenvalue weighted by molar-refractivity contribution is -0.113. The van der Waals surface area contributed by atoms with E-state index in [0.29, 0.717) is 33.0 Å². The normalized spacial score (nSPS) is 15.9. The van der Waals surface area contributed by atoms with Crippen molar-refractivity contribution in [3.05, 3.63) is 57.4 Å². The molecule has 5 nitrogen and oxygen atoms in total. The number of hydrogen-bond donors (Lipinski definition) is 1. The van der Waals surface area contributed by atoms with E-state index in [0.717, 1.165) is 16.7 Å². The van der Waals surface area contributed by atoms with Crippen molar-refractivity contribution in [2.75, 3.05) is 11.5 Å². The van der Waals surface area contributed by atoms with Crippen molar-refractivity contribution in [3.63, 3.8) is 0 Å². The van der Waals surface area contributed by atoms with Crippen LogP contribution in [0.2, 0.25) is 0 Å². The van der Waals surface area contributed by atoms with Crippen LogP contribution in [0.5, 0.6) is 11.5 Å². The molecule has 1 saturated heterocycles. The highest BCUT2D eigenvalue weighted by atomic mass is 79.9. The van der Waals surface area contributed by atoms with Gasteiger partial charge in [0.1, 0.15) is 0 Å². The first kappa shape index (κ1) is 17.6. The van der Waals surface area contributed by atoms with Gasteiger partial charge in [-0.3, -0.25) is 9.59 Å². The van der Waals surface area contributed by atoms with E-state index in [9.17, 15) is 14.7 Å². The fourth-order valence-corrected chi connectivity index (χ4v) is 3.63. The summed E-state index contributed by atoms with van der Waals surface area (Å²) in [4.78, 5) is 26.3. The molecule has 1 heterocycles. The van der Waals surface area contributed by atoms with Crippen molar-refractivity contribution in [1.29, 1.82) is 0 Å². The average Bonchev–Trinajstić information content (AvgIpc) is 2.87. The van der Waals surface area contributed by atoms with Crippen LogP contribution < -0.4 is 9.64 Å². The smallest absolute Gasteiger partial charge is 0.298 e. The molecule has 0 atom stereocenters. The summed E-state index contributed by atoms with van der Waals surface area (Å²) < 4.78 is 5.96. The Morgan fingerprint density at radius 1 is 1.24 bits per heavy atom. The van der Waals surface area contributed by atoms with Crippen LogP contribution in [-0.4, -0.2) is 22.9 Å². The van der Waals surface area contributed by atoms with Crippen LogP contribution in [0.3, 0.4) is 0 Å². The maximum atomic E-state index is 12.6. The Hall–Kier alpha value is -2.25. The van der Waals surface area contributed by atoms with Crippen molar-refractivity contribution in [2.24, 2.45) is 0 Å². The molecule has 0 saturated carbocycles. The van der Waals surface area contributed by atoms with Gasteiger partial charge in [0.15, 0.2) is 11.5 Å². The molecule has 0 radical (unpaired) electrons. The van der Waals surface area contributed by atoms with Gasteiger partial charge in [0.2, 0.25) is 0 Å². The maximum Gasteiger partial charge on any atom is 0.298 e. The Morgan fingerprint density at radius 3 is 2.64 bits per heavy atom. The number of para-hydroxylation sites is 1. The standard InChI is InChI=1S/C18H14BrNO4S/c1-2-24-15-8-11(13(19)10-14(15)21)9-16-17(22)20(18(23)25-16)12-6-4-3-5-7-12/h3-10,21H,2H2,1H3. The number of phenolic OH excluding ortho intramolecular Hbond substituents is 1. The summed E-state index contributed by atoms with van der Waals surface area (Å²) in [5.74, 6) is -0.0540. The van der Waals surface area contributed by atoms with Crippen molar-refractivity contribution < 1.29 is 19.4 Å². The quantitative estimate of drug-likeness (QED) is 0.721. The van der Waals surface area contributed by atoms with E-state index in [1.807, 2.05) is 13.0 Å². The van der Waals surface area contributed by atoms with Gasteiger partial charge in [-0.2, -0.15) is 0 Å². The number of carbonyl (C=O) groups is 2. The number of benzene rings is 2. The Kier molecular flexibility index (Phi) is 5.15. The fourth-order valence-electron chi connectivity index (χ4n) is 2.35. The Labute approximate surface area is 157 Å². The second-order valence-electron chi connectivity index (χ2n) is 5.13. The summed E-state index contributed by atoms with van der Waals surface area (Å²) in [7, 11) is 0. The summed E-state index contributed by atoms with van der Waals surface area (Å²) in [6, 6.07) is 11.9. The molecule has 0 spiro atoms. The average molecular weight is 420 g/mol. The number of nitrogens with zero attached hydrogens (tertiary/aromatic N) is 1. The molecular formula is C18H14BrNO4S. The number of anilines is 1. The van der Waals surface area contributed by atoms with Gasteiger partial charge in [-0.1, -0.05) is 34.1 Å². The molecule has 1 aliphatic heterocycles. The number of carbonyl (C=O) groups excluding carboxylic acids is 2. The second kappa shape index (κ2) is 7.33. The number of halogens is 1. The predicted octanol–water partition coefficient (Wildman–Crippen LogP) is 4.79. The Bertz CT molecular complexity index is 867. The minimum atomic E-state index is -0.376. The number of hydrogen-bond acceptors (Lipinski definition) is 5. The van der Waals surface area contributed by atoms with Crippen molar-refractivity contribution >= 4 is 50.6 Å². The lowest BCUT2D eigenvalue weighted by Crippen LogP contribution is -2.27. The molecule has 3 rings (SSSR count). The van der Waals surface area contributed by atoms with Gasteiger partial charge in [0, 0.05) is 4.47 Å². The summed E-state index contributed by atoms with van der Waals surface area (Å²) in [5.41, 5.74) is 1.17. The van der Waals surface area contributed by atoms with Crippen LogP contribution in [0, 0.1) is 0 Å². The minimum absolute atomic E-state index is 0.00302. The van der Waals surface area contributed by atoms with Gasteiger partial charge >= 0.3 is 0 Å². The predicted molar refractivity (Wildman–Crippen MR) is 102 cm³/mol. The fraction of sp³-hybridized carbons (Fsp3) is 0.111. The zero-order valence-electron chi connectivity index (χ0n) is 13.2. The number of ether oxygens (including phenoxy) is 1. The third kappa shape index (κ3) is 3.57. The number of phenols is 1. The van der Waals surface area contributed by atoms with Gasteiger partial charge in [0.05, 0.1) is 17.2 Å². The lowest BCUT2D eigenvalue weighted by atomic mass is 10.2. The summed E-state index contributed by atoms with van der Waals surface area (Å²) in [6.45, 7) is 2.21. The summed E-state index contributed by atoms with van der Waals surface area (Å²) in [5, 5.41) is 9.54. The summed E-state index contributed by atoms with van der Waals surface area (Å²) in [6.07, 6.45) is 1.61. The molecule has 0 aliphatic carbocycles. The third-order valence-corrected chi connectivity index (χ3v) is 5.03. The van der Waals surface area contributed by atoms with E-state index < -0.39 is 0 Å². The molecule has 0 bridgehead atoms. The van der Waals surface area contributed by atoms with Gasteiger partial charge in [0.25, 0.3) is 11.1 Å². The number of thioether (sulfide) groups is 1. The van der Waals surface area contributed by atoms with Crippen molar-refractivity contribution in [1.82, 2.24) is 0 Å². The van der Waals surface area contributed by atoms with E-state index >= 15 is 0 Å². The SMILES string of the molecule is CCOc1cc(C=C2SC(=O)N(c3ccccc3)C2=O)c(Br)cc1O. The van der Waals surface area contributed by atoms with Gasteiger partial charge in [-0.15, -0.1) is 0 Å². The van der Waals surface area contributed by atoms with Crippen LogP contribution in [0.15, 0.2) is 51.8 Å². The molecule has 25 heavy (non-hydrogen) atoms. The van der Waals surface area contributed by atoms with Crippen LogP contribution >= 0.6 is 27.7 Å². The number of amides is 2. The largest absolute Gasteiger partial charge is 0.504 e. The Morgan fingerprint density at radius 2 is 1.96 bits per heavy atom. The molecule has 128 valence electrons. The maximum absolute atomic E-state index is 12.6. The lowest BCUT2D eigenvalue weighted by Gasteiger charge is -2.11. The van der Waals surface area contributed by atoms with Crippen LogP contribution in [0.25, 0.3) is 6.08 Å². The third-order valence-electron chi connectivity index (χ3n) is 3.47. The molecule has 1 fully saturated rings. The van der Waals surface area contributed by atoms with Crippen molar-refractivity contribution in [2.45, 2.75) is 6.92 Å². The van der Waals surface area contributed by atoms with E-state index in [4.69, 9.17) is 4.74 Å². The number of rotatable bonds is 4. The first-order valence-electron chi connectivity index (χ1n) is 7.49. The molecule has 0 unspecified atom stereocenters. The highest BCUT2D eigenvalue weighted by molar-refractivity contribution is 9.10. The zero-order chi connectivity index (χ0) is 18.0. The van der Waals surface area contributed by atoms with E-state index in [2.05, 4.69) is 15.9 Å². The zero-order valence-corrected chi connectivity index (χ0v) is 15.6. The van der Waals surface area contributed by atoms with Crippen molar-refractivity contribution in [3.8, 4) is 11.5 Å². The van der Waals surface area contributed by atoms with Gasteiger partial charge in [-0.25, -0.2) is 4.90 Å². The number of imide groups is 1. The monoisotopic (exact) mass is 419 g/mol. The highest BCUT2D eigenvalue weighted by Gasteiger charge is 2.36.